The molecular weight excluding hydrogens is 422 g/mol. The van der Waals surface area contributed by atoms with Gasteiger partial charge in [0.1, 0.15) is 5.76 Å². The van der Waals surface area contributed by atoms with Crippen LogP contribution in [0.15, 0.2) is 52.2 Å². The first-order valence-corrected chi connectivity index (χ1v) is 10.8. The molecule has 0 bridgehead atoms. The van der Waals surface area contributed by atoms with Crippen molar-refractivity contribution in [3.05, 3.63) is 58.5 Å². The Bertz CT molecular complexity index is 1030. The van der Waals surface area contributed by atoms with Crippen LogP contribution in [0.3, 0.4) is 0 Å². The minimum Gasteiger partial charge on any atom is -0.467 e. The molecule has 4 rings (SSSR count). The number of nitrogens with zero attached hydrogens (tertiary/aromatic N) is 4. The second kappa shape index (κ2) is 9.75. The minimum atomic E-state index is -0.441. The summed E-state index contributed by atoms with van der Waals surface area (Å²) in [5.74, 6) is 1.29. The van der Waals surface area contributed by atoms with Crippen LogP contribution in [0, 0.1) is 10.1 Å². The Morgan fingerprint density at radius 3 is 2.81 bits per heavy atom. The van der Waals surface area contributed by atoms with Crippen LogP contribution in [0.25, 0.3) is 11.4 Å². The van der Waals surface area contributed by atoms with Gasteiger partial charge in [0.05, 0.1) is 36.1 Å². The van der Waals surface area contributed by atoms with Crippen molar-refractivity contribution in [1.82, 2.24) is 20.1 Å². The highest BCUT2D eigenvalue weighted by Crippen LogP contribution is 2.27. The van der Waals surface area contributed by atoms with Crippen LogP contribution in [-0.2, 0) is 22.6 Å². The topological polar surface area (TPSA) is 125 Å². The number of benzene rings is 1. The van der Waals surface area contributed by atoms with Crippen LogP contribution in [0.2, 0.25) is 0 Å². The summed E-state index contributed by atoms with van der Waals surface area (Å²) >= 11 is 1.28. The van der Waals surface area contributed by atoms with Crippen LogP contribution in [-0.4, -0.2) is 44.1 Å². The molecule has 11 heteroatoms. The highest BCUT2D eigenvalue weighted by Gasteiger charge is 2.22. The van der Waals surface area contributed by atoms with Gasteiger partial charge in [0.25, 0.3) is 5.69 Å². The smallest absolute Gasteiger partial charge is 0.269 e. The molecular formula is C20H21N5O5S. The van der Waals surface area contributed by atoms with Crippen LogP contribution < -0.4 is 5.32 Å². The molecule has 0 saturated carbocycles. The van der Waals surface area contributed by atoms with Crippen molar-refractivity contribution >= 4 is 23.4 Å². The number of hydrogen-bond donors (Lipinski definition) is 1. The highest BCUT2D eigenvalue weighted by molar-refractivity contribution is 7.99. The molecule has 1 atom stereocenters. The van der Waals surface area contributed by atoms with E-state index in [4.69, 9.17) is 9.15 Å². The molecule has 162 valence electrons. The Morgan fingerprint density at radius 2 is 2.13 bits per heavy atom. The molecule has 0 spiro atoms. The van der Waals surface area contributed by atoms with Crippen LogP contribution >= 0.6 is 11.8 Å². The van der Waals surface area contributed by atoms with Gasteiger partial charge in [-0.3, -0.25) is 19.5 Å². The molecule has 3 heterocycles. The summed E-state index contributed by atoms with van der Waals surface area (Å²) in [6, 6.07) is 9.74. The van der Waals surface area contributed by atoms with Gasteiger partial charge in [0.2, 0.25) is 5.91 Å². The lowest BCUT2D eigenvalue weighted by molar-refractivity contribution is -0.384. The quantitative estimate of drug-likeness (QED) is 0.304. The Balaban J connectivity index is 1.48. The van der Waals surface area contributed by atoms with Crippen molar-refractivity contribution in [3.8, 4) is 11.4 Å². The molecule has 3 aromatic rings. The maximum absolute atomic E-state index is 12.2. The van der Waals surface area contributed by atoms with Crippen molar-refractivity contribution in [2.75, 3.05) is 12.4 Å². The van der Waals surface area contributed by atoms with E-state index in [0.29, 0.717) is 35.4 Å². The van der Waals surface area contributed by atoms with Crippen molar-refractivity contribution in [1.29, 1.82) is 0 Å². The molecule has 1 aliphatic heterocycles. The monoisotopic (exact) mass is 443 g/mol. The van der Waals surface area contributed by atoms with E-state index in [1.165, 1.54) is 23.9 Å². The zero-order chi connectivity index (χ0) is 21.6. The number of nitro groups is 1. The zero-order valence-electron chi connectivity index (χ0n) is 16.6. The van der Waals surface area contributed by atoms with Crippen LogP contribution in [0.5, 0.6) is 0 Å². The molecule has 31 heavy (non-hydrogen) atoms. The lowest BCUT2D eigenvalue weighted by atomic mass is 10.2. The van der Waals surface area contributed by atoms with Gasteiger partial charge >= 0.3 is 0 Å². The molecule has 0 aliphatic carbocycles. The number of non-ortho nitro benzene ring substituents is 1. The largest absolute Gasteiger partial charge is 0.467 e. The predicted molar refractivity (Wildman–Crippen MR) is 112 cm³/mol. The fourth-order valence-corrected chi connectivity index (χ4v) is 4.06. The summed E-state index contributed by atoms with van der Waals surface area (Å²) < 4.78 is 12.9. The Morgan fingerprint density at radius 1 is 1.29 bits per heavy atom. The second-order valence-corrected chi connectivity index (χ2v) is 7.94. The standard InChI is InChI=1S/C20H21N5O5S/c26-18(21-11-16-3-1-9-29-16)13-31-20-23-22-19(24(20)12-17-4-2-10-30-17)14-5-7-15(8-6-14)25(27)28/h1,3,5-9,17H,2,4,10-13H2,(H,21,26)/t17-/m1/s1. The first-order valence-electron chi connectivity index (χ1n) is 9.81. The number of carbonyl (C=O) groups is 1. The van der Waals surface area contributed by atoms with E-state index >= 15 is 0 Å². The van der Waals surface area contributed by atoms with Gasteiger partial charge < -0.3 is 14.5 Å². The van der Waals surface area contributed by atoms with E-state index in [9.17, 15) is 14.9 Å². The summed E-state index contributed by atoms with van der Waals surface area (Å²) in [7, 11) is 0. The van der Waals surface area contributed by atoms with Crippen LogP contribution in [0.4, 0.5) is 5.69 Å². The van der Waals surface area contributed by atoms with Gasteiger partial charge in [-0.15, -0.1) is 10.2 Å². The molecule has 1 saturated heterocycles. The number of amides is 1. The summed E-state index contributed by atoms with van der Waals surface area (Å²) in [6.45, 7) is 1.59. The SMILES string of the molecule is O=C(CSc1nnc(-c2ccc([N+](=O)[O-])cc2)n1C[C@H]1CCCO1)NCc1ccco1. The van der Waals surface area contributed by atoms with Crippen molar-refractivity contribution in [2.45, 2.75) is 37.2 Å². The molecule has 1 fully saturated rings. The van der Waals surface area contributed by atoms with Crippen molar-refractivity contribution in [3.63, 3.8) is 0 Å². The molecule has 10 nitrogen and oxygen atoms in total. The molecule has 0 unspecified atom stereocenters. The van der Waals surface area contributed by atoms with Gasteiger partial charge in [-0.05, 0) is 37.1 Å². The Hall–Kier alpha value is -3.18. The Kier molecular flexibility index (Phi) is 6.63. The third-order valence-corrected chi connectivity index (χ3v) is 5.80. The molecule has 1 aliphatic rings. The molecule has 0 radical (unpaired) electrons. The maximum atomic E-state index is 12.2. The molecule has 1 amide bonds. The van der Waals surface area contributed by atoms with E-state index in [1.807, 2.05) is 4.57 Å². The zero-order valence-corrected chi connectivity index (χ0v) is 17.4. The van der Waals surface area contributed by atoms with Gasteiger partial charge in [0, 0.05) is 24.3 Å². The van der Waals surface area contributed by atoms with Gasteiger partial charge in [0.15, 0.2) is 11.0 Å². The number of furan rings is 1. The average Bonchev–Trinajstić information content (AvgIpc) is 3.54. The molecule has 1 aromatic carbocycles. The maximum Gasteiger partial charge on any atom is 0.269 e. The first kappa shape index (κ1) is 21.1. The van der Waals surface area contributed by atoms with E-state index in [0.717, 1.165) is 19.4 Å². The third kappa shape index (κ3) is 5.30. The van der Waals surface area contributed by atoms with E-state index in [1.54, 1.807) is 30.5 Å². The first-order chi connectivity index (χ1) is 15.1. The normalized spacial score (nSPS) is 15.8. The van der Waals surface area contributed by atoms with Gasteiger partial charge in [-0.25, -0.2) is 0 Å². The number of nitrogens with one attached hydrogen (secondary N) is 1. The van der Waals surface area contributed by atoms with E-state index in [-0.39, 0.29) is 23.5 Å². The predicted octanol–water partition coefficient (Wildman–Crippen LogP) is 3.03. The summed E-state index contributed by atoms with van der Waals surface area (Å²) in [4.78, 5) is 22.7. The fourth-order valence-electron chi connectivity index (χ4n) is 3.28. The second-order valence-electron chi connectivity index (χ2n) is 7.00. The van der Waals surface area contributed by atoms with E-state index in [2.05, 4.69) is 15.5 Å². The van der Waals surface area contributed by atoms with Gasteiger partial charge in [-0.1, -0.05) is 11.8 Å². The molecule has 1 N–H and O–H groups in total. The Labute approximate surface area is 182 Å². The number of aromatic nitrogens is 3. The summed E-state index contributed by atoms with van der Waals surface area (Å²) in [5.41, 5.74) is 0.724. The number of rotatable bonds is 9. The van der Waals surface area contributed by atoms with Crippen molar-refractivity contribution in [2.24, 2.45) is 0 Å². The number of carbonyl (C=O) groups excluding carboxylic acids is 1. The van der Waals surface area contributed by atoms with E-state index < -0.39 is 4.92 Å². The molecule has 2 aromatic heterocycles. The average molecular weight is 443 g/mol. The summed E-state index contributed by atoms with van der Waals surface area (Å²) in [5, 5.41) is 22.9. The number of thioether (sulfide) groups is 1. The van der Waals surface area contributed by atoms with Crippen LogP contribution in [0.1, 0.15) is 18.6 Å². The lowest BCUT2D eigenvalue weighted by Crippen LogP contribution is -2.24. The number of hydrogen-bond acceptors (Lipinski definition) is 8. The van der Waals surface area contributed by atoms with Crippen molar-refractivity contribution < 1.29 is 18.9 Å². The summed E-state index contributed by atoms with van der Waals surface area (Å²) in [6.07, 6.45) is 3.53. The minimum absolute atomic E-state index is 0.0109. The number of ether oxygens (including phenoxy) is 1. The fraction of sp³-hybridized carbons (Fsp3) is 0.350. The number of nitro benzene ring substituents is 1. The third-order valence-electron chi connectivity index (χ3n) is 4.84. The van der Waals surface area contributed by atoms with Gasteiger partial charge in [-0.2, -0.15) is 0 Å². The highest BCUT2D eigenvalue weighted by atomic mass is 32.2. The lowest BCUT2D eigenvalue weighted by Gasteiger charge is -2.14.